The quantitative estimate of drug-likeness (QED) is 0.322. The normalized spacial score (nSPS) is 15.4. The summed E-state index contributed by atoms with van der Waals surface area (Å²) in [7, 11) is 0. The van der Waals surface area contributed by atoms with Crippen molar-refractivity contribution in [3.05, 3.63) is 60.2 Å². The van der Waals surface area contributed by atoms with Crippen LogP contribution in [0.5, 0.6) is 0 Å². The fourth-order valence-corrected chi connectivity index (χ4v) is 5.73. The minimum atomic E-state index is -0.887. The van der Waals surface area contributed by atoms with Gasteiger partial charge in [-0.3, -0.25) is 9.59 Å². The molecule has 2 N–H and O–H groups in total. The summed E-state index contributed by atoms with van der Waals surface area (Å²) in [6, 6.07) is 17.7. The van der Waals surface area contributed by atoms with Crippen LogP contribution in [0.2, 0.25) is 0 Å². The van der Waals surface area contributed by atoms with E-state index >= 15 is 0 Å². The summed E-state index contributed by atoms with van der Waals surface area (Å²) in [5, 5.41) is 13.2. The Labute approximate surface area is 198 Å². The second-order valence-corrected chi connectivity index (χ2v) is 9.70. The first-order valence-corrected chi connectivity index (χ1v) is 12.7. The Balaban J connectivity index is 1.33. The monoisotopic (exact) mass is 465 g/mol. The van der Waals surface area contributed by atoms with Crippen molar-refractivity contribution in [1.82, 2.24) is 14.9 Å². The minimum absolute atomic E-state index is 0.0843. The van der Waals surface area contributed by atoms with E-state index < -0.39 is 5.97 Å². The number of nitrogens with one attached hydrogen (secondary N) is 1. The first kappa shape index (κ1) is 23.4. The number of imidazole rings is 1. The number of amides is 1. The largest absolute Gasteiger partial charge is 0.480 e. The predicted octanol–water partition coefficient (Wildman–Crippen LogP) is 5.08. The van der Waals surface area contributed by atoms with E-state index in [0.717, 1.165) is 41.6 Å². The molecule has 3 aromatic rings. The van der Waals surface area contributed by atoms with Gasteiger partial charge in [0, 0.05) is 12.3 Å². The summed E-state index contributed by atoms with van der Waals surface area (Å²) in [4.78, 5) is 29.1. The van der Waals surface area contributed by atoms with E-state index in [1.54, 1.807) is 4.57 Å². The van der Waals surface area contributed by atoms with Gasteiger partial charge in [0.1, 0.15) is 6.54 Å². The Hall–Kier alpha value is -2.80. The average molecular weight is 466 g/mol. The molecule has 33 heavy (non-hydrogen) atoms. The maximum Gasteiger partial charge on any atom is 0.323 e. The Morgan fingerprint density at radius 2 is 1.79 bits per heavy atom. The van der Waals surface area contributed by atoms with Crippen LogP contribution in [-0.4, -0.2) is 38.8 Å². The number of hydrogen-bond acceptors (Lipinski definition) is 4. The summed E-state index contributed by atoms with van der Waals surface area (Å²) in [6.45, 7) is 0.487. The lowest BCUT2D eigenvalue weighted by atomic mass is 9.76. The summed E-state index contributed by atoms with van der Waals surface area (Å²) in [5.74, 6) is 0.311. The van der Waals surface area contributed by atoms with Crippen LogP contribution in [-0.2, 0) is 16.1 Å². The van der Waals surface area contributed by atoms with E-state index in [0.29, 0.717) is 17.6 Å². The highest BCUT2D eigenvalue weighted by molar-refractivity contribution is 7.99. The molecule has 1 heterocycles. The van der Waals surface area contributed by atoms with Gasteiger partial charge in [0.25, 0.3) is 0 Å². The summed E-state index contributed by atoms with van der Waals surface area (Å²) in [6.07, 6.45) is 6.69. The average Bonchev–Trinajstić information content (AvgIpc) is 3.17. The molecule has 174 valence electrons. The number of carboxylic acids is 1. The molecule has 0 bridgehead atoms. The number of carbonyl (C=O) groups excluding carboxylic acids is 1. The van der Waals surface area contributed by atoms with Crippen LogP contribution in [0.1, 0.15) is 50.0 Å². The third-order valence-corrected chi connectivity index (χ3v) is 7.39. The molecular formula is C26H31N3O3S. The van der Waals surface area contributed by atoms with Crippen molar-refractivity contribution < 1.29 is 14.7 Å². The standard InChI is InChI=1S/C26H31N3O3S/c30-23(31)18-29-22-15-8-7-14-21(22)28-26(29)33-17-9-16-27-25(32)24(19-10-3-1-4-11-19)20-12-5-2-6-13-20/h1,3-4,7-8,10-11,14-15,20,24H,2,5-6,9,12-13,16-18H2,(H,27,32)(H,30,31). The third-order valence-electron chi connectivity index (χ3n) is 6.33. The zero-order valence-electron chi connectivity index (χ0n) is 18.8. The van der Waals surface area contributed by atoms with Crippen molar-refractivity contribution in [3.8, 4) is 0 Å². The molecule has 1 unspecified atom stereocenters. The molecule has 0 radical (unpaired) electrons. The fourth-order valence-electron chi connectivity index (χ4n) is 4.77. The lowest BCUT2D eigenvalue weighted by molar-refractivity contribution is -0.137. The molecule has 2 aromatic carbocycles. The summed E-state index contributed by atoms with van der Waals surface area (Å²) in [5.41, 5.74) is 2.74. The highest BCUT2D eigenvalue weighted by Gasteiger charge is 2.30. The van der Waals surface area contributed by atoms with Crippen LogP contribution < -0.4 is 5.32 Å². The molecule has 0 saturated heterocycles. The minimum Gasteiger partial charge on any atom is -0.480 e. The lowest BCUT2D eigenvalue weighted by Gasteiger charge is -2.29. The number of aromatic nitrogens is 2. The zero-order chi connectivity index (χ0) is 23.0. The number of para-hydroxylation sites is 2. The Morgan fingerprint density at radius 3 is 2.55 bits per heavy atom. The molecule has 4 rings (SSSR count). The van der Waals surface area contributed by atoms with Crippen LogP contribution >= 0.6 is 11.8 Å². The van der Waals surface area contributed by atoms with E-state index in [1.165, 1.54) is 31.0 Å². The van der Waals surface area contributed by atoms with E-state index in [2.05, 4.69) is 22.4 Å². The molecule has 6 nitrogen and oxygen atoms in total. The van der Waals surface area contributed by atoms with Crippen LogP contribution in [0.25, 0.3) is 11.0 Å². The molecule has 0 spiro atoms. The van der Waals surface area contributed by atoms with E-state index in [4.69, 9.17) is 0 Å². The number of benzene rings is 2. The van der Waals surface area contributed by atoms with E-state index in [1.807, 2.05) is 42.5 Å². The summed E-state index contributed by atoms with van der Waals surface area (Å²) < 4.78 is 1.75. The highest BCUT2D eigenvalue weighted by atomic mass is 32.2. The van der Waals surface area contributed by atoms with Crippen LogP contribution in [0.4, 0.5) is 0 Å². The van der Waals surface area contributed by atoms with Gasteiger partial charge in [0.05, 0.1) is 17.0 Å². The van der Waals surface area contributed by atoms with Crippen LogP contribution in [0.3, 0.4) is 0 Å². The molecular weight excluding hydrogens is 434 g/mol. The molecule has 1 aliphatic rings. The Bertz CT molecular complexity index is 1080. The molecule has 0 aliphatic heterocycles. The summed E-state index contributed by atoms with van der Waals surface area (Å²) >= 11 is 1.54. The number of fused-ring (bicyclic) bond motifs is 1. The van der Waals surface area contributed by atoms with Crippen LogP contribution in [0, 0.1) is 5.92 Å². The van der Waals surface area contributed by atoms with Gasteiger partial charge < -0.3 is 15.0 Å². The Morgan fingerprint density at radius 1 is 1.06 bits per heavy atom. The SMILES string of the molecule is O=C(O)Cn1c(SCCCNC(=O)C(c2ccccc2)C2CCCCC2)nc2ccccc21. The van der Waals surface area contributed by atoms with Crippen molar-refractivity contribution in [2.45, 2.75) is 56.1 Å². The van der Waals surface area contributed by atoms with Gasteiger partial charge in [-0.15, -0.1) is 0 Å². The van der Waals surface area contributed by atoms with Crippen LogP contribution in [0.15, 0.2) is 59.8 Å². The number of aliphatic carboxylic acids is 1. The van der Waals surface area contributed by atoms with E-state index in [-0.39, 0.29) is 18.4 Å². The number of nitrogens with zero attached hydrogens (tertiary/aromatic N) is 2. The first-order chi connectivity index (χ1) is 16.1. The van der Waals surface area contributed by atoms with Gasteiger partial charge in [-0.1, -0.05) is 73.5 Å². The topological polar surface area (TPSA) is 84.2 Å². The second kappa shape index (κ2) is 11.4. The fraction of sp³-hybridized carbons (Fsp3) is 0.423. The number of rotatable bonds is 10. The number of carboxylic acid groups (broad SMARTS) is 1. The van der Waals surface area contributed by atoms with E-state index in [9.17, 15) is 14.7 Å². The molecule has 1 aliphatic carbocycles. The molecule has 1 fully saturated rings. The smallest absolute Gasteiger partial charge is 0.323 e. The van der Waals surface area contributed by atoms with Gasteiger partial charge in [-0.25, -0.2) is 4.98 Å². The molecule has 7 heteroatoms. The van der Waals surface area contributed by atoms with Crippen molar-refractivity contribution in [3.63, 3.8) is 0 Å². The maximum absolute atomic E-state index is 13.2. The predicted molar refractivity (Wildman–Crippen MR) is 131 cm³/mol. The van der Waals surface area contributed by atoms with Gasteiger partial charge in [0.2, 0.25) is 5.91 Å². The zero-order valence-corrected chi connectivity index (χ0v) is 19.6. The molecule has 1 atom stereocenters. The van der Waals surface area contributed by atoms with Crippen molar-refractivity contribution in [2.24, 2.45) is 5.92 Å². The highest BCUT2D eigenvalue weighted by Crippen LogP contribution is 2.36. The van der Waals surface area contributed by atoms with Crippen molar-refractivity contribution in [2.75, 3.05) is 12.3 Å². The van der Waals surface area contributed by atoms with Crippen molar-refractivity contribution in [1.29, 1.82) is 0 Å². The van der Waals surface area contributed by atoms with Gasteiger partial charge in [-0.2, -0.15) is 0 Å². The third kappa shape index (κ3) is 5.96. The van der Waals surface area contributed by atoms with Gasteiger partial charge in [0.15, 0.2) is 5.16 Å². The Kier molecular flexibility index (Phi) is 8.05. The maximum atomic E-state index is 13.2. The van der Waals surface area contributed by atoms with Gasteiger partial charge >= 0.3 is 5.97 Å². The van der Waals surface area contributed by atoms with Crippen molar-refractivity contribution >= 4 is 34.7 Å². The number of thioether (sulfide) groups is 1. The second-order valence-electron chi connectivity index (χ2n) is 8.64. The molecule has 1 aromatic heterocycles. The number of hydrogen-bond donors (Lipinski definition) is 2. The lowest BCUT2D eigenvalue weighted by Crippen LogP contribution is -2.35. The molecule has 1 amide bonds. The number of carbonyl (C=O) groups is 2. The first-order valence-electron chi connectivity index (χ1n) is 11.8. The van der Waals surface area contributed by atoms with Gasteiger partial charge in [-0.05, 0) is 42.9 Å². The molecule has 1 saturated carbocycles.